The molecule has 0 heterocycles. The molecule has 0 radical (unpaired) electrons. The van der Waals surface area contributed by atoms with E-state index in [-0.39, 0.29) is 9.50 Å². The van der Waals surface area contributed by atoms with Crippen LogP contribution in [0.1, 0.15) is 18.4 Å². The molecule has 94 valence electrons. The van der Waals surface area contributed by atoms with E-state index in [1.807, 2.05) is 0 Å². The lowest BCUT2D eigenvalue weighted by molar-refractivity contribution is -0.139. The van der Waals surface area contributed by atoms with Gasteiger partial charge in [0.2, 0.25) is 0 Å². The van der Waals surface area contributed by atoms with E-state index in [4.69, 9.17) is 16.7 Å². The van der Waals surface area contributed by atoms with Crippen molar-refractivity contribution < 1.29 is 23.1 Å². The molecule has 0 atom stereocenters. The average molecular weight is 332 g/mol. The first-order valence-corrected chi connectivity index (χ1v) is 5.66. The number of hydrogen-bond donors (Lipinski definition) is 1. The summed E-state index contributed by atoms with van der Waals surface area (Å²) in [5, 5.41) is 8.27. The van der Waals surface area contributed by atoms with Crippen LogP contribution in [0.3, 0.4) is 0 Å². The predicted molar refractivity (Wildman–Crippen MR) is 59.9 cm³/mol. The number of carbonyl (C=O) groups is 1. The summed E-state index contributed by atoms with van der Waals surface area (Å²) in [7, 11) is 0. The molecule has 7 heteroatoms. The smallest absolute Gasteiger partial charge is 0.303 e. The molecule has 0 spiro atoms. The molecule has 0 saturated carbocycles. The van der Waals surface area contributed by atoms with E-state index in [2.05, 4.69) is 15.9 Å². The van der Waals surface area contributed by atoms with Gasteiger partial charge in [-0.15, -0.1) is 0 Å². The number of benzene rings is 1. The lowest BCUT2D eigenvalue weighted by Crippen LogP contribution is -2.17. The summed E-state index contributed by atoms with van der Waals surface area (Å²) in [6, 6.07) is 1.62. The molecule has 0 aromatic heterocycles. The van der Waals surface area contributed by atoms with Crippen molar-refractivity contribution in [2.45, 2.75) is 18.8 Å². The predicted octanol–water partition coefficient (Wildman–Crippen LogP) is 4.20. The van der Waals surface area contributed by atoms with Crippen LogP contribution in [0.15, 0.2) is 16.6 Å². The second kappa shape index (κ2) is 5.27. The van der Waals surface area contributed by atoms with Gasteiger partial charge in [0.15, 0.2) is 0 Å². The van der Waals surface area contributed by atoms with Crippen molar-refractivity contribution in [2.75, 3.05) is 0 Å². The molecule has 0 unspecified atom stereocenters. The van der Waals surface area contributed by atoms with E-state index < -0.39 is 36.1 Å². The Morgan fingerprint density at radius 3 is 2.59 bits per heavy atom. The summed E-state index contributed by atoms with van der Waals surface area (Å²) in [6.45, 7) is 0. The van der Waals surface area contributed by atoms with Gasteiger partial charge in [-0.3, -0.25) is 4.79 Å². The summed E-state index contributed by atoms with van der Waals surface area (Å²) in [4.78, 5) is 10.2. The topological polar surface area (TPSA) is 37.3 Å². The van der Waals surface area contributed by atoms with Crippen molar-refractivity contribution in [1.82, 2.24) is 0 Å². The number of carboxylic acids is 1. The minimum Gasteiger partial charge on any atom is -0.481 e. The van der Waals surface area contributed by atoms with E-state index in [9.17, 15) is 18.0 Å². The molecule has 1 rings (SSSR count). The SMILES string of the molecule is O=C(O)CCC(F)(F)c1cc(Cl)c(Br)cc1F. The summed E-state index contributed by atoms with van der Waals surface area (Å²) in [6.07, 6.45) is -1.72. The second-order valence-corrected chi connectivity index (χ2v) is 4.61. The van der Waals surface area contributed by atoms with Crippen molar-refractivity contribution in [2.24, 2.45) is 0 Å². The third-order valence-electron chi connectivity index (χ3n) is 2.06. The molecular weight excluding hydrogens is 324 g/mol. The van der Waals surface area contributed by atoms with E-state index in [1.54, 1.807) is 0 Å². The third-order valence-corrected chi connectivity index (χ3v) is 3.25. The zero-order valence-electron chi connectivity index (χ0n) is 8.31. The van der Waals surface area contributed by atoms with Crippen LogP contribution in [-0.4, -0.2) is 11.1 Å². The Labute approximate surface area is 109 Å². The van der Waals surface area contributed by atoms with Crippen molar-refractivity contribution in [3.05, 3.63) is 33.0 Å². The molecule has 0 fully saturated rings. The van der Waals surface area contributed by atoms with Gasteiger partial charge in [0, 0.05) is 10.9 Å². The largest absolute Gasteiger partial charge is 0.481 e. The number of halogens is 5. The highest BCUT2D eigenvalue weighted by molar-refractivity contribution is 9.10. The molecule has 2 nitrogen and oxygen atoms in total. The molecule has 0 aliphatic heterocycles. The highest BCUT2D eigenvalue weighted by atomic mass is 79.9. The van der Waals surface area contributed by atoms with Gasteiger partial charge in [-0.05, 0) is 28.1 Å². The molecule has 1 aromatic carbocycles. The Bertz CT molecular complexity index is 451. The lowest BCUT2D eigenvalue weighted by Gasteiger charge is -2.17. The van der Waals surface area contributed by atoms with Gasteiger partial charge >= 0.3 is 5.97 Å². The summed E-state index contributed by atoms with van der Waals surface area (Å²) in [5.41, 5.74) is -0.896. The Morgan fingerprint density at radius 1 is 1.47 bits per heavy atom. The monoisotopic (exact) mass is 330 g/mol. The number of aliphatic carboxylic acids is 1. The summed E-state index contributed by atoms with van der Waals surface area (Å²) >= 11 is 8.49. The van der Waals surface area contributed by atoms with Gasteiger partial charge in [-0.25, -0.2) is 13.2 Å². The van der Waals surface area contributed by atoms with Crippen LogP contribution in [0.25, 0.3) is 0 Å². The van der Waals surface area contributed by atoms with E-state index >= 15 is 0 Å². The van der Waals surface area contributed by atoms with Crippen LogP contribution in [0, 0.1) is 5.82 Å². The van der Waals surface area contributed by atoms with Gasteiger partial charge in [-0.1, -0.05) is 11.6 Å². The quantitative estimate of drug-likeness (QED) is 0.840. The number of carboxylic acid groups (broad SMARTS) is 1. The van der Waals surface area contributed by atoms with Crippen LogP contribution in [-0.2, 0) is 10.7 Å². The molecule has 0 amide bonds. The fourth-order valence-corrected chi connectivity index (χ4v) is 1.68. The normalized spacial score (nSPS) is 11.6. The Kier molecular flexibility index (Phi) is 4.43. The maximum absolute atomic E-state index is 13.5. The van der Waals surface area contributed by atoms with Crippen molar-refractivity contribution in [3.63, 3.8) is 0 Å². The molecule has 0 saturated heterocycles. The van der Waals surface area contributed by atoms with Crippen LogP contribution in [0.5, 0.6) is 0 Å². The van der Waals surface area contributed by atoms with Crippen LogP contribution in [0.2, 0.25) is 5.02 Å². The first kappa shape index (κ1) is 14.3. The van der Waals surface area contributed by atoms with Crippen molar-refractivity contribution in [1.29, 1.82) is 0 Å². The molecule has 1 N–H and O–H groups in total. The first-order chi connectivity index (χ1) is 7.74. The van der Waals surface area contributed by atoms with Crippen LogP contribution in [0.4, 0.5) is 13.2 Å². The van der Waals surface area contributed by atoms with Crippen LogP contribution >= 0.6 is 27.5 Å². The summed E-state index contributed by atoms with van der Waals surface area (Å²) in [5.74, 6) is -6.06. The fourth-order valence-electron chi connectivity index (χ4n) is 1.20. The lowest BCUT2D eigenvalue weighted by atomic mass is 10.0. The van der Waals surface area contributed by atoms with Gasteiger partial charge in [0.25, 0.3) is 5.92 Å². The van der Waals surface area contributed by atoms with Gasteiger partial charge < -0.3 is 5.11 Å². The highest BCUT2D eigenvalue weighted by Gasteiger charge is 2.35. The molecule has 1 aromatic rings. The number of rotatable bonds is 4. The molecule has 0 aliphatic carbocycles. The molecule has 17 heavy (non-hydrogen) atoms. The Morgan fingerprint density at radius 2 is 2.06 bits per heavy atom. The van der Waals surface area contributed by atoms with E-state index in [1.165, 1.54) is 0 Å². The first-order valence-electron chi connectivity index (χ1n) is 4.48. The molecule has 0 bridgehead atoms. The van der Waals surface area contributed by atoms with Gasteiger partial charge in [-0.2, -0.15) is 0 Å². The minimum absolute atomic E-state index is 0.0589. The Hall–Kier alpha value is -0.750. The highest BCUT2D eigenvalue weighted by Crippen LogP contribution is 2.38. The zero-order chi connectivity index (χ0) is 13.2. The van der Waals surface area contributed by atoms with Crippen molar-refractivity contribution >= 4 is 33.5 Å². The number of alkyl halides is 2. The van der Waals surface area contributed by atoms with Gasteiger partial charge in [0.05, 0.1) is 17.0 Å². The fraction of sp³-hybridized carbons (Fsp3) is 0.300. The second-order valence-electron chi connectivity index (χ2n) is 3.34. The van der Waals surface area contributed by atoms with Crippen LogP contribution < -0.4 is 0 Å². The maximum atomic E-state index is 13.5. The molecule has 0 aliphatic rings. The van der Waals surface area contributed by atoms with Crippen molar-refractivity contribution in [3.8, 4) is 0 Å². The van der Waals surface area contributed by atoms with E-state index in [0.717, 1.165) is 12.1 Å². The van der Waals surface area contributed by atoms with Gasteiger partial charge in [0.1, 0.15) is 5.82 Å². The summed E-state index contributed by atoms with van der Waals surface area (Å²) < 4.78 is 40.5. The number of hydrogen-bond acceptors (Lipinski definition) is 1. The standard InChI is InChI=1S/C10H7BrClF3O2/c11-6-4-8(13)5(3-7(6)12)10(14,15)2-1-9(16)17/h3-4H,1-2H2,(H,16,17). The molecular formula is C10H7BrClF3O2. The maximum Gasteiger partial charge on any atom is 0.303 e. The minimum atomic E-state index is -3.56. The Balaban J connectivity index is 3.05. The average Bonchev–Trinajstić information content (AvgIpc) is 2.20. The zero-order valence-corrected chi connectivity index (χ0v) is 10.7. The third kappa shape index (κ3) is 3.61. The van der Waals surface area contributed by atoms with E-state index in [0.29, 0.717) is 0 Å².